The summed E-state index contributed by atoms with van der Waals surface area (Å²) in [5.74, 6) is -0.762. The first-order valence-electron chi connectivity index (χ1n) is 5.83. The van der Waals surface area contributed by atoms with Crippen LogP contribution >= 0.6 is 0 Å². The van der Waals surface area contributed by atoms with Crippen LogP contribution in [0.1, 0.15) is 19.3 Å². The van der Waals surface area contributed by atoms with Crippen molar-refractivity contribution in [1.82, 2.24) is 9.21 Å². The van der Waals surface area contributed by atoms with Crippen molar-refractivity contribution in [3.8, 4) is 0 Å². The third-order valence-corrected chi connectivity index (χ3v) is 5.01. The first-order valence-corrected chi connectivity index (χ1v) is 7.68. The molecule has 2 saturated heterocycles. The lowest BCUT2D eigenvalue weighted by Crippen LogP contribution is -2.59. The van der Waals surface area contributed by atoms with Crippen LogP contribution in [0.2, 0.25) is 0 Å². The van der Waals surface area contributed by atoms with Gasteiger partial charge in [-0.3, -0.25) is 9.69 Å². The molecule has 0 saturated carbocycles. The van der Waals surface area contributed by atoms with E-state index in [1.165, 1.54) is 10.6 Å². The fraction of sp³-hybridized carbons (Fsp3) is 0.900. The van der Waals surface area contributed by atoms with Gasteiger partial charge in [-0.15, -0.1) is 0 Å². The van der Waals surface area contributed by atoms with E-state index in [1.54, 1.807) is 0 Å². The fourth-order valence-electron chi connectivity index (χ4n) is 2.62. The van der Waals surface area contributed by atoms with Gasteiger partial charge in [0, 0.05) is 25.7 Å². The summed E-state index contributed by atoms with van der Waals surface area (Å²) >= 11 is 0. The number of sulfonamides is 1. The van der Waals surface area contributed by atoms with Crippen LogP contribution in [0, 0.1) is 0 Å². The van der Waals surface area contributed by atoms with E-state index in [4.69, 9.17) is 5.11 Å². The second-order valence-electron chi connectivity index (χ2n) is 4.77. The van der Waals surface area contributed by atoms with E-state index in [1.807, 2.05) is 4.90 Å². The maximum atomic E-state index is 11.3. The molecule has 2 aliphatic rings. The Morgan fingerprint density at radius 2 is 1.76 bits per heavy atom. The largest absolute Gasteiger partial charge is 0.480 e. The lowest BCUT2D eigenvalue weighted by molar-refractivity contribution is -0.150. The zero-order chi connectivity index (χ0) is 12.6. The van der Waals surface area contributed by atoms with Crippen molar-refractivity contribution < 1.29 is 18.3 Å². The molecule has 7 heteroatoms. The van der Waals surface area contributed by atoms with E-state index < -0.39 is 16.0 Å². The standard InChI is InChI=1S/C10H18N2O4S/c1-17(15,16)11-5-2-8(3-6-11)12-7-4-9(12)10(13)14/h8-9H,2-7H2,1H3,(H,13,14). The Hall–Kier alpha value is -0.660. The maximum Gasteiger partial charge on any atom is 0.320 e. The second-order valence-corrected chi connectivity index (χ2v) is 6.76. The number of piperidine rings is 1. The molecule has 0 spiro atoms. The monoisotopic (exact) mass is 262 g/mol. The van der Waals surface area contributed by atoms with Crippen LogP contribution in [0.15, 0.2) is 0 Å². The summed E-state index contributed by atoms with van der Waals surface area (Å²) in [6.45, 7) is 1.83. The van der Waals surface area contributed by atoms with Crippen LogP contribution in [0.25, 0.3) is 0 Å². The van der Waals surface area contributed by atoms with Gasteiger partial charge in [0.2, 0.25) is 10.0 Å². The summed E-state index contributed by atoms with van der Waals surface area (Å²) < 4.78 is 24.1. The van der Waals surface area contributed by atoms with Crippen LogP contribution < -0.4 is 0 Å². The Balaban J connectivity index is 1.90. The molecule has 1 atom stereocenters. The Morgan fingerprint density at radius 1 is 1.18 bits per heavy atom. The summed E-state index contributed by atoms with van der Waals surface area (Å²) in [5, 5.41) is 8.97. The van der Waals surface area contributed by atoms with Crippen LogP contribution in [-0.2, 0) is 14.8 Å². The highest BCUT2D eigenvalue weighted by atomic mass is 32.2. The normalized spacial score (nSPS) is 28.9. The summed E-state index contributed by atoms with van der Waals surface area (Å²) in [7, 11) is -3.10. The van der Waals surface area contributed by atoms with Gasteiger partial charge in [-0.25, -0.2) is 12.7 Å². The van der Waals surface area contributed by atoms with E-state index >= 15 is 0 Å². The van der Waals surface area contributed by atoms with Gasteiger partial charge in [-0.2, -0.15) is 0 Å². The molecular formula is C10H18N2O4S. The molecule has 6 nitrogen and oxygen atoms in total. The molecule has 0 bridgehead atoms. The number of aliphatic carboxylic acids is 1. The van der Waals surface area contributed by atoms with Gasteiger partial charge in [0.25, 0.3) is 0 Å². The number of carboxylic acids is 1. The Morgan fingerprint density at radius 3 is 2.12 bits per heavy atom. The van der Waals surface area contributed by atoms with Crippen molar-refractivity contribution in [2.45, 2.75) is 31.3 Å². The van der Waals surface area contributed by atoms with Crippen LogP contribution in [-0.4, -0.2) is 66.7 Å². The predicted octanol–water partition coefficient (Wildman–Crippen LogP) is -0.431. The Bertz CT molecular complexity index is 401. The third-order valence-electron chi connectivity index (χ3n) is 3.71. The molecule has 1 unspecified atom stereocenters. The van der Waals surface area contributed by atoms with Gasteiger partial charge in [-0.05, 0) is 19.3 Å². The smallest absolute Gasteiger partial charge is 0.320 e. The number of carbonyl (C=O) groups is 1. The highest BCUT2D eigenvalue weighted by Gasteiger charge is 2.40. The number of hydrogen-bond donors (Lipinski definition) is 1. The molecule has 2 aliphatic heterocycles. The number of hydrogen-bond acceptors (Lipinski definition) is 4. The van der Waals surface area contributed by atoms with Crippen molar-refractivity contribution in [3.63, 3.8) is 0 Å². The number of likely N-dealkylation sites (tertiary alicyclic amines) is 1. The van der Waals surface area contributed by atoms with Crippen molar-refractivity contribution >= 4 is 16.0 Å². The molecule has 1 N–H and O–H groups in total. The highest BCUT2D eigenvalue weighted by Crippen LogP contribution is 2.27. The first-order chi connectivity index (χ1) is 7.89. The SMILES string of the molecule is CS(=O)(=O)N1CCC(N2CCC2C(=O)O)CC1. The highest BCUT2D eigenvalue weighted by molar-refractivity contribution is 7.88. The number of rotatable bonds is 3. The van der Waals surface area contributed by atoms with Gasteiger partial charge in [0.15, 0.2) is 0 Å². The molecule has 0 amide bonds. The Kier molecular flexibility index (Phi) is 3.42. The van der Waals surface area contributed by atoms with Gasteiger partial charge < -0.3 is 5.11 Å². The van der Waals surface area contributed by atoms with E-state index in [-0.39, 0.29) is 12.1 Å². The average Bonchev–Trinajstić information content (AvgIpc) is 2.14. The summed E-state index contributed by atoms with van der Waals surface area (Å²) in [4.78, 5) is 12.9. The minimum atomic E-state index is -3.10. The predicted molar refractivity (Wildman–Crippen MR) is 62.2 cm³/mol. The van der Waals surface area contributed by atoms with Crippen molar-refractivity contribution in [1.29, 1.82) is 0 Å². The first kappa shape index (κ1) is 12.8. The van der Waals surface area contributed by atoms with Crippen LogP contribution in [0.5, 0.6) is 0 Å². The molecule has 0 radical (unpaired) electrons. The van der Waals surface area contributed by atoms with E-state index in [0.29, 0.717) is 19.5 Å². The molecule has 98 valence electrons. The van der Waals surface area contributed by atoms with Crippen molar-refractivity contribution in [2.24, 2.45) is 0 Å². The average molecular weight is 262 g/mol. The van der Waals surface area contributed by atoms with E-state index in [2.05, 4.69) is 0 Å². The molecule has 0 aromatic heterocycles. The number of nitrogens with zero attached hydrogens (tertiary/aromatic N) is 2. The van der Waals surface area contributed by atoms with Gasteiger partial charge in [0.05, 0.1) is 6.26 Å². The van der Waals surface area contributed by atoms with E-state index in [9.17, 15) is 13.2 Å². The summed E-state index contributed by atoms with van der Waals surface area (Å²) in [6, 6.07) is -0.132. The van der Waals surface area contributed by atoms with Crippen molar-refractivity contribution in [3.05, 3.63) is 0 Å². The zero-order valence-corrected chi connectivity index (χ0v) is 10.7. The van der Waals surface area contributed by atoms with Gasteiger partial charge in [-0.1, -0.05) is 0 Å². The van der Waals surface area contributed by atoms with Crippen LogP contribution in [0.4, 0.5) is 0 Å². The molecule has 2 heterocycles. The fourth-order valence-corrected chi connectivity index (χ4v) is 3.49. The quantitative estimate of drug-likeness (QED) is 0.746. The lowest BCUT2D eigenvalue weighted by atomic mass is 9.95. The summed E-state index contributed by atoms with van der Waals surface area (Å²) in [6.07, 6.45) is 3.40. The minimum absolute atomic E-state index is 0.225. The third kappa shape index (κ3) is 2.61. The molecule has 2 fully saturated rings. The second kappa shape index (κ2) is 4.55. The van der Waals surface area contributed by atoms with E-state index in [0.717, 1.165) is 19.4 Å². The van der Waals surface area contributed by atoms with Crippen LogP contribution in [0.3, 0.4) is 0 Å². The molecule has 0 aliphatic carbocycles. The maximum absolute atomic E-state index is 11.3. The minimum Gasteiger partial charge on any atom is -0.480 e. The number of carboxylic acid groups (broad SMARTS) is 1. The molecule has 0 aromatic carbocycles. The van der Waals surface area contributed by atoms with Gasteiger partial charge >= 0.3 is 5.97 Å². The lowest BCUT2D eigenvalue weighted by Gasteiger charge is -2.46. The summed E-state index contributed by atoms with van der Waals surface area (Å²) in [5.41, 5.74) is 0. The molecule has 17 heavy (non-hydrogen) atoms. The topological polar surface area (TPSA) is 77.9 Å². The molecule has 2 rings (SSSR count). The van der Waals surface area contributed by atoms with Crippen molar-refractivity contribution in [2.75, 3.05) is 25.9 Å². The zero-order valence-electron chi connectivity index (χ0n) is 9.87. The molecule has 0 aromatic rings. The van der Waals surface area contributed by atoms with Gasteiger partial charge in [0.1, 0.15) is 6.04 Å². The Labute approximate surface area is 101 Å². The molecular weight excluding hydrogens is 244 g/mol.